The monoisotopic (exact) mass is 260 g/mol. The smallest absolute Gasteiger partial charge is 0.0318 e. The van der Waals surface area contributed by atoms with Gasteiger partial charge in [0, 0.05) is 18.9 Å². The zero-order chi connectivity index (χ0) is 13.8. The van der Waals surface area contributed by atoms with Crippen LogP contribution in [0.25, 0.3) is 22.3 Å². The maximum absolute atomic E-state index is 5.77. The molecule has 98 valence electrons. The standard InChI is InChI=1S/C18H16N2/c19-12-17-13-20-11-10-18(17)16-8-6-15(7-9-16)14-4-2-1-3-5-14/h1-11,13H,12,19H2. The number of benzene rings is 2. The highest BCUT2D eigenvalue weighted by molar-refractivity contribution is 5.71. The molecule has 0 fully saturated rings. The molecule has 2 heteroatoms. The van der Waals surface area contributed by atoms with Crippen molar-refractivity contribution in [2.24, 2.45) is 5.73 Å². The molecule has 0 radical (unpaired) electrons. The van der Waals surface area contributed by atoms with Crippen LogP contribution >= 0.6 is 0 Å². The minimum Gasteiger partial charge on any atom is -0.326 e. The van der Waals surface area contributed by atoms with Crippen LogP contribution in [-0.2, 0) is 6.54 Å². The molecule has 0 unspecified atom stereocenters. The van der Waals surface area contributed by atoms with Gasteiger partial charge in [-0.05, 0) is 33.9 Å². The van der Waals surface area contributed by atoms with Crippen molar-refractivity contribution in [3.63, 3.8) is 0 Å². The topological polar surface area (TPSA) is 38.9 Å². The van der Waals surface area contributed by atoms with Crippen LogP contribution in [0.15, 0.2) is 73.1 Å². The molecule has 1 aromatic heterocycles. The number of hydrogen-bond acceptors (Lipinski definition) is 2. The van der Waals surface area contributed by atoms with E-state index in [9.17, 15) is 0 Å². The molecule has 20 heavy (non-hydrogen) atoms. The van der Waals surface area contributed by atoms with Gasteiger partial charge in [-0.15, -0.1) is 0 Å². The Morgan fingerprint density at radius 2 is 1.40 bits per heavy atom. The molecular weight excluding hydrogens is 244 g/mol. The third kappa shape index (κ3) is 2.46. The fraction of sp³-hybridized carbons (Fsp3) is 0.0556. The highest BCUT2D eigenvalue weighted by atomic mass is 14.6. The van der Waals surface area contributed by atoms with Crippen molar-refractivity contribution < 1.29 is 0 Å². The van der Waals surface area contributed by atoms with Gasteiger partial charge in [0.15, 0.2) is 0 Å². The summed E-state index contributed by atoms with van der Waals surface area (Å²) in [6, 6.07) is 20.9. The van der Waals surface area contributed by atoms with E-state index in [0.717, 1.165) is 11.1 Å². The Bertz CT molecular complexity index is 688. The molecule has 0 atom stereocenters. The second-order valence-electron chi connectivity index (χ2n) is 4.68. The van der Waals surface area contributed by atoms with E-state index in [1.165, 1.54) is 16.7 Å². The van der Waals surface area contributed by atoms with Gasteiger partial charge in [-0.2, -0.15) is 0 Å². The zero-order valence-electron chi connectivity index (χ0n) is 11.2. The fourth-order valence-electron chi connectivity index (χ4n) is 2.34. The molecule has 2 aromatic carbocycles. The van der Waals surface area contributed by atoms with Gasteiger partial charge in [0.2, 0.25) is 0 Å². The van der Waals surface area contributed by atoms with Crippen LogP contribution in [0.2, 0.25) is 0 Å². The van der Waals surface area contributed by atoms with E-state index in [1.807, 2.05) is 18.3 Å². The van der Waals surface area contributed by atoms with Gasteiger partial charge >= 0.3 is 0 Å². The van der Waals surface area contributed by atoms with E-state index in [1.54, 1.807) is 6.20 Å². The predicted molar refractivity (Wildman–Crippen MR) is 83.0 cm³/mol. The third-order valence-corrected chi connectivity index (χ3v) is 3.43. The first-order valence-electron chi connectivity index (χ1n) is 6.67. The summed E-state index contributed by atoms with van der Waals surface area (Å²) in [7, 11) is 0. The van der Waals surface area contributed by atoms with Crippen LogP contribution < -0.4 is 5.73 Å². The number of rotatable bonds is 3. The quantitative estimate of drug-likeness (QED) is 0.776. The van der Waals surface area contributed by atoms with Gasteiger partial charge in [-0.1, -0.05) is 54.6 Å². The SMILES string of the molecule is NCc1cnccc1-c1ccc(-c2ccccc2)cc1. The summed E-state index contributed by atoms with van der Waals surface area (Å²) in [4.78, 5) is 4.13. The number of pyridine rings is 1. The van der Waals surface area contributed by atoms with Crippen molar-refractivity contribution in [3.05, 3.63) is 78.6 Å². The Kier molecular flexibility index (Phi) is 3.57. The highest BCUT2D eigenvalue weighted by Gasteiger charge is 2.04. The normalized spacial score (nSPS) is 10.4. The summed E-state index contributed by atoms with van der Waals surface area (Å²) in [6.45, 7) is 0.504. The van der Waals surface area contributed by atoms with Gasteiger partial charge in [-0.3, -0.25) is 4.98 Å². The molecule has 1 heterocycles. The Morgan fingerprint density at radius 3 is 2.10 bits per heavy atom. The summed E-state index contributed by atoms with van der Waals surface area (Å²) < 4.78 is 0. The molecule has 0 saturated carbocycles. The van der Waals surface area contributed by atoms with Gasteiger partial charge in [0.1, 0.15) is 0 Å². The summed E-state index contributed by atoms with van der Waals surface area (Å²) in [5.74, 6) is 0. The summed E-state index contributed by atoms with van der Waals surface area (Å²) >= 11 is 0. The van der Waals surface area contributed by atoms with Gasteiger partial charge in [0.25, 0.3) is 0 Å². The first kappa shape index (κ1) is 12.6. The number of aromatic nitrogens is 1. The maximum atomic E-state index is 5.77. The Labute approximate surface area is 118 Å². The molecule has 2 N–H and O–H groups in total. The molecule has 0 amide bonds. The van der Waals surface area contributed by atoms with Gasteiger partial charge < -0.3 is 5.73 Å². The van der Waals surface area contributed by atoms with E-state index in [0.29, 0.717) is 6.54 Å². The van der Waals surface area contributed by atoms with E-state index in [2.05, 4.69) is 53.5 Å². The molecule has 0 aliphatic heterocycles. The Morgan fingerprint density at radius 1 is 0.750 bits per heavy atom. The molecule has 0 spiro atoms. The summed E-state index contributed by atoms with van der Waals surface area (Å²) in [5.41, 5.74) is 11.6. The minimum atomic E-state index is 0.504. The lowest BCUT2D eigenvalue weighted by atomic mass is 9.98. The largest absolute Gasteiger partial charge is 0.326 e. The van der Waals surface area contributed by atoms with Gasteiger partial charge in [-0.25, -0.2) is 0 Å². The van der Waals surface area contributed by atoms with Crippen LogP contribution in [0.5, 0.6) is 0 Å². The van der Waals surface area contributed by atoms with Crippen LogP contribution in [0, 0.1) is 0 Å². The third-order valence-electron chi connectivity index (χ3n) is 3.43. The Hall–Kier alpha value is -2.45. The lowest BCUT2D eigenvalue weighted by Crippen LogP contribution is -1.99. The number of nitrogens with two attached hydrogens (primary N) is 1. The lowest BCUT2D eigenvalue weighted by Gasteiger charge is -2.08. The van der Waals surface area contributed by atoms with Crippen molar-refractivity contribution in [2.45, 2.75) is 6.54 Å². The molecular formula is C18H16N2. The fourth-order valence-corrected chi connectivity index (χ4v) is 2.34. The first-order chi connectivity index (χ1) is 9.88. The number of nitrogens with zero attached hydrogens (tertiary/aromatic N) is 1. The van der Waals surface area contributed by atoms with Crippen molar-refractivity contribution in [2.75, 3.05) is 0 Å². The van der Waals surface area contributed by atoms with Crippen LogP contribution in [-0.4, -0.2) is 4.98 Å². The molecule has 3 aromatic rings. The average Bonchev–Trinajstić information content (AvgIpc) is 2.56. The van der Waals surface area contributed by atoms with E-state index in [4.69, 9.17) is 5.73 Å². The van der Waals surface area contributed by atoms with Crippen molar-refractivity contribution in [1.29, 1.82) is 0 Å². The van der Waals surface area contributed by atoms with E-state index >= 15 is 0 Å². The molecule has 0 aliphatic rings. The van der Waals surface area contributed by atoms with Crippen LogP contribution in [0.3, 0.4) is 0 Å². The number of hydrogen-bond donors (Lipinski definition) is 1. The predicted octanol–water partition coefficient (Wildman–Crippen LogP) is 3.87. The first-order valence-corrected chi connectivity index (χ1v) is 6.67. The van der Waals surface area contributed by atoms with E-state index < -0.39 is 0 Å². The molecule has 0 saturated heterocycles. The minimum absolute atomic E-state index is 0.504. The lowest BCUT2D eigenvalue weighted by molar-refractivity contribution is 1.05. The second kappa shape index (κ2) is 5.68. The molecule has 2 nitrogen and oxygen atoms in total. The van der Waals surface area contributed by atoms with Crippen LogP contribution in [0.4, 0.5) is 0 Å². The average molecular weight is 260 g/mol. The molecule has 3 rings (SSSR count). The highest BCUT2D eigenvalue weighted by Crippen LogP contribution is 2.26. The zero-order valence-corrected chi connectivity index (χ0v) is 11.2. The summed E-state index contributed by atoms with van der Waals surface area (Å²) in [6.07, 6.45) is 3.64. The second-order valence-corrected chi connectivity index (χ2v) is 4.68. The van der Waals surface area contributed by atoms with Gasteiger partial charge in [0.05, 0.1) is 0 Å². The van der Waals surface area contributed by atoms with Crippen LogP contribution in [0.1, 0.15) is 5.56 Å². The van der Waals surface area contributed by atoms with Crippen molar-refractivity contribution in [3.8, 4) is 22.3 Å². The van der Waals surface area contributed by atoms with Crippen molar-refractivity contribution in [1.82, 2.24) is 4.98 Å². The summed E-state index contributed by atoms with van der Waals surface area (Å²) in [5, 5.41) is 0. The Balaban J connectivity index is 1.98. The molecule has 0 bridgehead atoms. The molecule has 0 aliphatic carbocycles. The maximum Gasteiger partial charge on any atom is 0.0318 e. The van der Waals surface area contributed by atoms with E-state index in [-0.39, 0.29) is 0 Å². The van der Waals surface area contributed by atoms with Crippen molar-refractivity contribution >= 4 is 0 Å².